The monoisotopic (exact) mass is 339 g/mol. The Hall–Kier alpha value is -1.65. The van der Waals surface area contributed by atoms with Gasteiger partial charge in [-0.1, -0.05) is 0 Å². The van der Waals surface area contributed by atoms with Gasteiger partial charge in [0.25, 0.3) is 0 Å². The molecule has 2 heterocycles. The predicted octanol–water partition coefficient (Wildman–Crippen LogP) is -0.588. The maximum absolute atomic E-state index is 14.6. The van der Waals surface area contributed by atoms with Gasteiger partial charge in [0, 0.05) is 6.20 Å². The van der Waals surface area contributed by atoms with E-state index >= 15 is 0 Å². The normalized spacial score (nSPS) is 32.2. The zero-order valence-corrected chi connectivity index (χ0v) is 12.2. The van der Waals surface area contributed by atoms with Crippen molar-refractivity contribution in [1.29, 1.82) is 0 Å². The molecule has 22 heavy (non-hydrogen) atoms. The van der Waals surface area contributed by atoms with E-state index in [9.17, 15) is 19.2 Å². The maximum atomic E-state index is 14.6. The van der Waals surface area contributed by atoms with E-state index in [1.807, 2.05) is 0 Å². The summed E-state index contributed by atoms with van der Waals surface area (Å²) in [5, 5.41) is 19.6. The molecule has 3 atom stereocenters. The van der Waals surface area contributed by atoms with Gasteiger partial charge in [-0.2, -0.15) is 0 Å². The average Bonchev–Trinajstić information content (AvgIpc) is 2.59. The topological polar surface area (TPSA) is 158 Å². The molecule has 0 aromatic heterocycles. The van der Waals surface area contributed by atoms with E-state index in [1.54, 1.807) is 0 Å². The lowest BCUT2D eigenvalue weighted by molar-refractivity contribution is -0.122. The molecule has 10 nitrogen and oxygen atoms in total. The van der Waals surface area contributed by atoms with E-state index in [0.717, 1.165) is 11.8 Å². The summed E-state index contributed by atoms with van der Waals surface area (Å²) < 4.78 is 34.6. The third-order valence-corrected chi connectivity index (χ3v) is 3.49. The van der Waals surface area contributed by atoms with E-state index in [0.29, 0.717) is 0 Å². The summed E-state index contributed by atoms with van der Waals surface area (Å²) in [4.78, 5) is 21.8. The second-order valence-electron chi connectivity index (χ2n) is 4.74. The minimum atomic E-state index is -4.82. The number of aliphatic imine (C=N–C) groups is 1. The van der Waals surface area contributed by atoms with Gasteiger partial charge < -0.3 is 30.5 Å². The molecule has 0 radical (unpaired) electrons. The average molecular weight is 339 g/mol. The molecule has 0 saturated heterocycles. The van der Waals surface area contributed by atoms with Crippen molar-refractivity contribution in [3.05, 3.63) is 23.8 Å². The first-order valence-corrected chi connectivity index (χ1v) is 7.50. The van der Waals surface area contributed by atoms with Crippen LogP contribution in [-0.4, -0.2) is 55.6 Å². The Labute approximate surface area is 124 Å². The number of aliphatic hydroxyl groups excluding tert-OH is 2. The Balaban J connectivity index is 2.17. The van der Waals surface area contributed by atoms with Crippen molar-refractivity contribution in [2.75, 3.05) is 6.61 Å². The molecule has 0 aromatic rings. The van der Waals surface area contributed by atoms with Crippen LogP contribution in [0, 0.1) is 0 Å². The number of hydrogen-bond acceptors (Lipinski definition) is 8. The summed E-state index contributed by atoms with van der Waals surface area (Å²) >= 11 is 0. The molecule has 0 saturated carbocycles. The van der Waals surface area contributed by atoms with Gasteiger partial charge >= 0.3 is 7.82 Å². The van der Waals surface area contributed by atoms with Crippen LogP contribution in [-0.2, 0) is 13.8 Å². The highest BCUT2D eigenvalue weighted by Gasteiger charge is 2.53. The number of hydrogen-bond donors (Lipinski definition) is 5. The van der Waals surface area contributed by atoms with Crippen molar-refractivity contribution < 1.29 is 38.2 Å². The zero-order valence-electron chi connectivity index (χ0n) is 11.3. The van der Waals surface area contributed by atoms with Crippen molar-refractivity contribution >= 4 is 13.7 Å². The van der Waals surface area contributed by atoms with Gasteiger partial charge in [0.2, 0.25) is 18.2 Å². The molecule has 12 heteroatoms. The number of amidine groups is 1. The van der Waals surface area contributed by atoms with Gasteiger partial charge in [-0.3, -0.25) is 9.42 Å². The molecule has 0 spiro atoms. The number of nitrogens with zero attached hydrogens (tertiary/aromatic N) is 2. The highest BCUT2D eigenvalue weighted by atomic mass is 31.2. The predicted molar refractivity (Wildman–Crippen MR) is 70.6 cm³/mol. The molecule has 2 aliphatic rings. The number of ether oxygens (including phenoxy) is 1. The van der Waals surface area contributed by atoms with Crippen LogP contribution in [0.2, 0.25) is 0 Å². The largest absolute Gasteiger partial charge is 0.506 e. The number of nitrogens with two attached hydrogens (primary N) is 1. The quantitative estimate of drug-likeness (QED) is 0.422. The van der Waals surface area contributed by atoms with Crippen LogP contribution in [0.15, 0.2) is 28.8 Å². The Morgan fingerprint density at radius 1 is 1.64 bits per heavy atom. The molecule has 124 valence electrons. The second-order valence-corrected chi connectivity index (χ2v) is 5.98. The van der Waals surface area contributed by atoms with E-state index in [4.69, 9.17) is 20.3 Å². The van der Waals surface area contributed by atoms with Crippen LogP contribution in [0.3, 0.4) is 0 Å². The summed E-state index contributed by atoms with van der Waals surface area (Å²) in [7, 11) is -4.82. The third kappa shape index (κ3) is 3.23. The maximum Gasteiger partial charge on any atom is 0.470 e. The van der Waals surface area contributed by atoms with Crippen LogP contribution in [0.25, 0.3) is 0 Å². The van der Waals surface area contributed by atoms with Crippen LogP contribution in [0.4, 0.5) is 4.39 Å². The van der Waals surface area contributed by atoms with Crippen molar-refractivity contribution in [2.45, 2.75) is 25.2 Å². The second kappa shape index (κ2) is 5.52. The first-order chi connectivity index (χ1) is 10.0. The van der Waals surface area contributed by atoms with Crippen molar-refractivity contribution in [1.82, 2.24) is 4.90 Å². The van der Waals surface area contributed by atoms with Crippen LogP contribution < -0.4 is 5.73 Å². The van der Waals surface area contributed by atoms with Crippen molar-refractivity contribution in [3.63, 3.8) is 0 Å². The van der Waals surface area contributed by atoms with Crippen LogP contribution >= 0.6 is 7.82 Å². The highest BCUT2D eigenvalue weighted by Crippen LogP contribution is 2.42. The van der Waals surface area contributed by atoms with E-state index < -0.39 is 44.2 Å². The van der Waals surface area contributed by atoms with Gasteiger partial charge in [0.15, 0.2) is 11.5 Å². The molecule has 2 rings (SSSR count). The zero-order chi connectivity index (χ0) is 16.7. The SMILES string of the molecule is CC1(F)C(O)=C(COP(=O)(O)O)O[C@H]1N1C=CC(N)=NC1O. The van der Waals surface area contributed by atoms with Gasteiger partial charge in [-0.15, -0.1) is 0 Å². The van der Waals surface area contributed by atoms with Gasteiger partial charge in [-0.25, -0.2) is 13.9 Å². The molecule has 2 unspecified atom stereocenters. The Bertz CT molecular complexity index is 599. The first-order valence-electron chi connectivity index (χ1n) is 5.97. The number of alkyl halides is 1. The van der Waals surface area contributed by atoms with Gasteiger partial charge in [-0.05, 0) is 13.0 Å². The summed E-state index contributed by atoms with van der Waals surface area (Å²) in [6.45, 7) is 0.130. The van der Waals surface area contributed by atoms with E-state index in [2.05, 4.69) is 9.52 Å². The summed E-state index contributed by atoms with van der Waals surface area (Å²) in [5.74, 6) is -1.37. The molecular formula is C10H15FN3O7P. The molecule has 0 amide bonds. The third-order valence-electron chi connectivity index (χ3n) is 3.03. The fraction of sp³-hybridized carbons (Fsp3) is 0.500. The molecule has 0 fully saturated rings. The summed E-state index contributed by atoms with van der Waals surface area (Å²) in [6.07, 6.45) is -0.561. The minimum Gasteiger partial charge on any atom is -0.506 e. The smallest absolute Gasteiger partial charge is 0.470 e. The highest BCUT2D eigenvalue weighted by molar-refractivity contribution is 7.46. The lowest BCUT2D eigenvalue weighted by Crippen LogP contribution is -2.50. The van der Waals surface area contributed by atoms with E-state index in [-0.39, 0.29) is 5.84 Å². The Morgan fingerprint density at radius 2 is 2.27 bits per heavy atom. The number of phosphoric acid groups is 1. The van der Waals surface area contributed by atoms with Crippen LogP contribution in [0.5, 0.6) is 0 Å². The standard InChI is InChI=1S/C10H15FN3O7P/c1-10(11)7(15)5(4-20-22(17,18)19)21-8(10)14-3-2-6(12)13-9(14)16/h2-3,8-9,15-16H,4H2,1H3,(H2,12,13)(H2,17,18,19)/t8-,9?,10?/m1/s1. The molecule has 6 N–H and O–H groups in total. The molecular weight excluding hydrogens is 324 g/mol. The Kier molecular flexibility index (Phi) is 4.20. The first kappa shape index (κ1) is 16.7. The fourth-order valence-corrected chi connectivity index (χ4v) is 2.24. The number of rotatable bonds is 4. The minimum absolute atomic E-state index is 0.0181. The number of phosphoric ester groups is 1. The van der Waals surface area contributed by atoms with Crippen molar-refractivity contribution in [2.24, 2.45) is 10.7 Å². The Morgan fingerprint density at radius 3 is 2.82 bits per heavy atom. The lowest BCUT2D eigenvalue weighted by atomic mass is 10.0. The van der Waals surface area contributed by atoms with E-state index in [1.165, 1.54) is 12.3 Å². The van der Waals surface area contributed by atoms with Crippen LogP contribution in [0.1, 0.15) is 6.92 Å². The molecule has 0 bridgehead atoms. The lowest BCUT2D eigenvalue weighted by Gasteiger charge is -2.35. The molecule has 2 aliphatic heterocycles. The van der Waals surface area contributed by atoms with Crippen molar-refractivity contribution in [3.8, 4) is 0 Å². The number of aliphatic hydroxyl groups is 2. The summed E-state index contributed by atoms with van der Waals surface area (Å²) in [6, 6.07) is 0. The number of halogens is 1. The summed E-state index contributed by atoms with van der Waals surface area (Å²) in [5.41, 5.74) is 2.91. The molecule has 0 aliphatic carbocycles. The van der Waals surface area contributed by atoms with Gasteiger partial charge in [0.1, 0.15) is 12.4 Å². The van der Waals surface area contributed by atoms with Gasteiger partial charge in [0.05, 0.1) is 0 Å². The fourth-order valence-electron chi connectivity index (χ4n) is 1.96. The molecule has 0 aromatic carbocycles.